The van der Waals surface area contributed by atoms with Gasteiger partial charge in [0.25, 0.3) is 5.91 Å². The quantitative estimate of drug-likeness (QED) is 0.549. The lowest BCUT2D eigenvalue weighted by Crippen LogP contribution is -2.12. The van der Waals surface area contributed by atoms with Crippen molar-refractivity contribution in [1.82, 2.24) is 0 Å². The Balaban J connectivity index is 1.63. The first-order valence-electron chi connectivity index (χ1n) is 8.94. The number of amides is 1. The third-order valence-electron chi connectivity index (χ3n) is 4.79. The third kappa shape index (κ3) is 4.47. The zero-order valence-electron chi connectivity index (χ0n) is 15.8. The number of rotatable bonds is 5. The number of benzene rings is 3. The maximum Gasteiger partial charge on any atom is 0.255 e. The fourth-order valence-corrected chi connectivity index (χ4v) is 2.89. The Hall–Kier alpha value is -3.27. The molecule has 3 aromatic rings. The molecule has 0 radical (unpaired) electrons. The second kappa shape index (κ2) is 7.96. The summed E-state index contributed by atoms with van der Waals surface area (Å²) >= 11 is 0. The van der Waals surface area contributed by atoms with E-state index in [1.54, 1.807) is 36.4 Å². The first-order chi connectivity index (χ1) is 12.9. The summed E-state index contributed by atoms with van der Waals surface area (Å²) in [4.78, 5) is 12.3. The monoisotopic (exact) mass is 360 g/mol. The fourth-order valence-electron chi connectivity index (χ4n) is 2.89. The van der Waals surface area contributed by atoms with Crippen LogP contribution in [0.25, 0.3) is 0 Å². The van der Waals surface area contributed by atoms with Gasteiger partial charge in [-0.15, -0.1) is 0 Å². The average Bonchev–Trinajstić information content (AvgIpc) is 2.66. The Labute approximate surface area is 159 Å². The molecule has 0 bridgehead atoms. The number of aromatic hydroxyl groups is 1. The summed E-state index contributed by atoms with van der Waals surface area (Å²) in [6.45, 7) is 7.05. The topological polar surface area (TPSA) is 61.4 Å². The molecule has 3 rings (SSSR count). The minimum atomic E-state index is -0.249. The number of phenolic OH excluding ortho intramolecular Hbond substituents is 1. The molecular formula is C23H24N2O2. The van der Waals surface area contributed by atoms with Gasteiger partial charge in [0, 0.05) is 17.8 Å². The molecule has 4 heteroatoms. The van der Waals surface area contributed by atoms with Gasteiger partial charge in [-0.3, -0.25) is 4.79 Å². The predicted molar refractivity (Wildman–Crippen MR) is 110 cm³/mol. The number of nitrogens with one attached hydrogen (secondary N) is 2. The Morgan fingerprint density at radius 3 is 2.19 bits per heavy atom. The van der Waals surface area contributed by atoms with Crippen LogP contribution in [0, 0.1) is 20.8 Å². The van der Waals surface area contributed by atoms with Crippen LogP contribution in [0.4, 0.5) is 11.4 Å². The predicted octanol–water partition coefficient (Wildman–Crippen LogP) is 5.18. The van der Waals surface area contributed by atoms with Gasteiger partial charge in [0.2, 0.25) is 0 Å². The molecule has 138 valence electrons. The van der Waals surface area contributed by atoms with Gasteiger partial charge in [-0.2, -0.15) is 0 Å². The van der Waals surface area contributed by atoms with Crippen molar-refractivity contribution in [1.29, 1.82) is 0 Å². The van der Waals surface area contributed by atoms with Crippen LogP contribution in [-0.2, 0) is 6.54 Å². The maximum absolute atomic E-state index is 12.3. The highest BCUT2D eigenvalue weighted by Crippen LogP contribution is 2.22. The largest absolute Gasteiger partial charge is 0.506 e. The van der Waals surface area contributed by atoms with Crippen LogP contribution in [0.15, 0.2) is 60.7 Å². The number of carbonyl (C=O) groups excluding carboxylic acids is 1. The standard InChI is InChI=1S/C23H24N2O2/c1-15-12-20(13-16(2)17(15)3)24-14-18-8-10-19(11-9-18)23(27)25-21-6-4-5-7-22(21)26/h4-13,24,26H,14H2,1-3H3,(H,25,27). The average molecular weight is 360 g/mol. The lowest BCUT2D eigenvalue weighted by atomic mass is 10.0. The number of phenols is 1. The van der Waals surface area contributed by atoms with E-state index < -0.39 is 0 Å². The first kappa shape index (κ1) is 18.5. The minimum Gasteiger partial charge on any atom is -0.506 e. The number of hydrogen-bond donors (Lipinski definition) is 3. The SMILES string of the molecule is Cc1cc(NCc2ccc(C(=O)Nc3ccccc3O)cc2)cc(C)c1C. The van der Waals surface area contributed by atoms with Gasteiger partial charge in [-0.05, 0) is 79.4 Å². The minimum absolute atomic E-state index is 0.0513. The lowest BCUT2D eigenvalue weighted by molar-refractivity contribution is 0.102. The molecule has 0 atom stereocenters. The van der Waals surface area contributed by atoms with Gasteiger partial charge in [-0.25, -0.2) is 0 Å². The van der Waals surface area contributed by atoms with Gasteiger partial charge in [0.05, 0.1) is 5.69 Å². The lowest BCUT2D eigenvalue weighted by Gasteiger charge is -2.12. The Bertz CT molecular complexity index is 939. The molecule has 3 aromatic carbocycles. The van der Waals surface area contributed by atoms with E-state index in [1.165, 1.54) is 16.7 Å². The van der Waals surface area contributed by atoms with E-state index in [4.69, 9.17) is 0 Å². The number of carbonyl (C=O) groups is 1. The van der Waals surface area contributed by atoms with Crippen LogP contribution in [-0.4, -0.2) is 11.0 Å². The molecule has 0 fully saturated rings. The van der Waals surface area contributed by atoms with Crippen LogP contribution in [0.5, 0.6) is 5.75 Å². The Morgan fingerprint density at radius 2 is 1.56 bits per heavy atom. The van der Waals surface area contributed by atoms with Crippen molar-refractivity contribution in [3.05, 3.63) is 88.5 Å². The summed E-state index contributed by atoms with van der Waals surface area (Å²) in [7, 11) is 0. The molecule has 4 nitrogen and oxygen atoms in total. The molecule has 0 aliphatic carbocycles. The Morgan fingerprint density at radius 1 is 0.926 bits per heavy atom. The highest BCUT2D eigenvalue weighted by molar-refractivity contribution is 6.05. The smallest absolute Gasteiger partial charge is 0.255 e. The number of hydrogen-bond acceptors (Lipinski definition) is 3. The Kier molecular flexibility index (Phi) is 5.46. The van der Waals surface area contributed by atoms with Crippen LogP contribution < -0.4 is 10.6 Å². The van der Waals surface area contributed by atoms with Crippen molar-refractivity contribution >= 4 is 17.3 Å². The van der Waals surface area contributed by atoms with E-state index in [9.17, 15) is 9.90 Å². The van der Waals surface area contributed by atoms with E-state index in [0.29, 0.717) is 17.8 Å². The van der Waals surface area contributed by atoms with Gasteiger partial charge in [0.15, 0.2) is 0 Å². The van der Waals surface area contributed by atoms with E-state index in [-0.39, 0.29) is 11.7 Å². The fraction of sp³-hybridized carbons (Fsp3) is 0.174. The molecule has 3 N–H and O–H groups in total. The highest BCUT2D eigenvalue weighted by Gasteiger charge is 2.08. The number of aryl methyl sites for hydroxylation is 2. The van der Waals surface area contributed by atoms with E-state index in [0.717, 1.165) is 11.3 Å². The van der Waals surface area contributed by atoms with E-state index in [2.05, 4.69) is 43.5 Å². The van der Waals surface area contributed by atoms with Crippen molar-refractivity contribution in [2.24, 2.45) is 0 Å². The molecule has 0 saturated heterocycles. The molecule has 0 aromatic heterocycles. The molecular weight excluding hydrogens is 336 g/mol. The zero-order valence-corrected chi connectivity index (χ0v) is 15.8. The highest BCUT2D eigenvalue weighted by atomic mass is 16.3. The van der Waals surface area contributed by atoms with Gasteiger partial charge in [-0.1, -0.05) is 24.3 Å². The molecule has 0 heterocycles. The maximum atomic E-state index is 12.3. The number of anilines is 2. The summed E-state index contributed by atoms with van der Waals surface area (Å²) < 4.78 is 0. The van der Waals surface area contributed by atoms with Crippen molar-refractivity contribution < 1.29 is 9.90 Å². The third-order valence-corrected chi connectivity index (χ3v) is 4.79. The van der Waals surface area contributed by atoms with Crippen molar-refractivity contribution in [2.45, 2.75) is 27.3 Å². The zero-order chi connectivity index (χ0) is 19.4. The summed E-state index contributed by atoms with van der Waals surface area (Å²) in [5.74, 6) is -0.198. The van der Waals surface area contributed by atoms with Crippen LogP contribution >= 0.6 is 0 Å². The number of para-hydroxylation sites is 2. The van der Waals surface area contributed by atoms with Gasteiger partial charge >= 0.3 is 0 Å². The van der Waals surface area contributed by atoms with Crippen molar-refractivity contribution in [3.8, 4) is 5.75 Å². The molecule has 0 spiro atoms. The summed E-state index contributed by atoms with van der Waals surface area (Å²) in [5.41, 5.74) is 6.99. The van der Waals surface area contributed by atoms with Crippen LogP contribution in [0.2, 0.25) is 0 Å². The van der Waals surface area contributed by atoms with E-state index >= 15 is 0 Å². The van der Waals surface area contributed by atoms with Gasteiger partial charge in [0.1, 0.15) is 5.75 Å². The normalized spacial score (nSPS) is 10.5. The molecule has 0 unspecified atom stereocenters. The molecule has 0 saturated carbocycles. The van der Waals surface area contributed by atoms with Crippen molar-refractivity contribution in [3.63, 3.8) is 0 Å². The summed E-state index contributed by atoms with van der Waals surface area (Å²) in [6, 6.07) is 18.4. The molecule has 0 aliphatic heterocycles. The van der Waals surface area contributed by atoms with Crippen molar-refractivity contribution in [2.75, 3.05) is 10.6 Å². The molecule has 0 aliphatic rings. The second-order valence-corrected chi connectivity index (χ2v) is 6.76. The van der Waals surface area contributed by atoms with Crippen LogP contribution in [0.3, 0.4) is 0 Å². The molecule has 27 heavy (non-hydrogen) atoms. The second-order valence-electron chi connectivity index (χ2n) is 6.76. The first-order valence-corrected chi connectivity index (χ1v) is 8.94. The van der Waals surface area contributed by atoms with Crippen LogP contribution in [0.1, 0.15) is 32.6 Å². The molecule has 1 amide bonds. The van der Waals surface area contributed by atoms with Gasteiger partial charge < -0.3 is 15.7 Å². The summed E-state index contributed by atoms with van der Waals surface area (Å²) in [6.07, 6.45) is 0. The van der Waals surface area contributed by atoms with E-state index in [1.807, 2.05) is 12.1 Å². The summed E-state index contributed by atoms with van der Waals surface area (Å²) in [5, 5.41) is 15.9.